The third kappa shape index (κ3) is 4.12. The first-order valence-electron chi connectivity index (χ1n) is 12.1. The number of ketones is 2. The summed E-state index contributed by atoms with van der Waals surface area (Å²) >= 11 is 6.54. The number of primary amides is 1. The van der Waals surface area contributed by atoms with Crippen LogP contribution >= 0.6 is 11.6 Å². The minimum absolute atomic E-state index is 0.0324. The van der Waals surface area contributed by atoms with E-state index in [9.17, 15) is 34.8 Å². The Bertz CT molecular complexity index is 1370. The molecular weight excluding hydrogens is 514 g/mol. The van der Waals surface area contributed by atoms with Crippen LogP contribution in [0.5, 0.6) is 5.75 Å². The van der Waals surface area contributed by atoms with E-state index in [1.165, 1.54) is 11.0 Å². The molecule has 204 valence electrons. The number of hydrogen-bond donors (Lipinski definition) is 6. The number of carbonyl (C=O) groups excluding carboxylic acids is 3. The van der Waals surface area contributed by atoms with Gasteiger partial charge in [0.1, 0.15) is 22.8 Å². The number of hydrogen-bond acceptors (Lipinski definition) is 9. The number of allylic oxidation sites excluding steroid dienone is 2. The molecule has 3 aliphatic rings. The molecule has 1 aromatic carbocycles. The Hall–Kier alpha value is -3.18. The zero-order valence-electron chi connectivity index (χ0n) is 21.8. The number of aliphatic hydroxyl groups excluding tert-OH is 2. The molecule has 38 heavy (non-hydrogen) atoms. The Kier molecular flexibility index (Phi) is 6.76. The van der Waals surface area contributed by atoms with Crippen LogP contribution in [0.3, 0.4) is 0 Å². The van der Waals surface area contributed by atoms with Crippen LogP contribution in [0.25, 0.3) is 6.08 Å². The molecule has 0 radical (unpaired) electrons. The number of phenols is 1. The molecule has 1 aromatic rings. The lowest BCUT2D eigenvalue weighted by Gasteiger charge is -2.48. The number of likely N-dealkylation sites (N-methyl/N-ethyl adjacent to an activating group) is 1. The lowest BCUT2D eigenvalue weighted by molar-refractivity contribution is -0.146. The van der Waals surface area contributed by atoms with Gasteiger partial charge in [-0.25, -0.2) is 0 Å². The van der Waals surface area contributed by atoms with E-state index in [-0.39, 0.29) is 51.4 Å². The van der Waals surface area contributed by atoms with E-state index in [1.54, 1.807) is 20.2 Å². The average molecular weight is 546 g/mol. The van der Waals surface area contributed by atoms with Crippen molar-refractivity contribution in [3.8, 4) is 5.75 Å². The van der Waals surface area contributed by atoms with E-state index in [0.29, 0.717) is 12.1 Å². The second-order valence-electron chi connectivity index (χ2n) is 11.5. The Morgan fingerprint density at radius 1 is 1.24 bits per heavy atom. The summed E-state index contributed by atoms with van der Waals surface area (Å²) in [5.74, 6) is -6.48. The molecule has 3 atom stereocenters. The van der Waals surface area contributed by atoms with E-state index < -0.39 is 52.1 Å². The first-order valence-corrected chi connectivity index (χ1v) is 12.5. The lowest BCUT2D eigenvalue weighted by atomic mass is 9.61. The minimum Gasteiger partial charge on any atom is -0.510 e. The zero-order valence-corrected chi connectivity index (χ0v) is 22.6. The number of benzene rings is 1. The maximum absolute atomic E-state index is 13.8. The molecule has 4 rings (SSSR count). The van der Waals surface area contributed by atoms with Crippen LogP contribution in [0.4, 0.5) is 0 Å². The summed E-state index contributed by atoms with van der Waals surface area (Å²) in [6.45, 7) is 6.96. The van der Waals surface area contributed by atoms with Crippen LogP contribution in [0, 0.1) is 11.3 Å². The van der Waals surface area contributed by atoms with Gasteiger partial charge in [0.05, 0.1) is 17.2 Å². The molecular formula is C27H32ClN3O7. The summed E-state index contributed by atoms with van der Waals surface area (Å²) in [5, 5.41) is 48.2. The van der Waals surface area contributed by atoms with Gasteiger partial charge < -0.3 is 31.5 Å². The van der Waals surface area contributed by atoms with Gasteiger partial charge in [-0.2, -0.15) is 0 Å². The molecule has 7 N–H and O–H groups in total. The fourth-order valence-corrected chi connectivity index (χ4v) is 5.86. The number of Topliss-reactive ketones (excluding diaryl/α,β-unsaturated/α-hetero) is 2. The Balaban J connectivity index is 1.89. The molecule has 0 fully saturated rings. The molecule has 0 heterocycles. The monoisotopic (exact) mass is 545 g/mol. The Labute approximate surface area is 225 Å². The number of rotatable bonds is 5. The van der Waals surface area contributed by atoms with Gasteiger partial charge in [-0.3, -0.25) is 19.3 Å². The molecule has 0 aliphatic heterocycles. The zero-order chi connectivity index (χ0) is 28.5. The van der Waals surface area contributed by atoms with Crippen LogP contribution in [0.15, 0.2) is 34.3 Å². The smallest absolute Gasteiger partial charge is 0.255 e. The predicted molar refractivity (Wildman–Crippen MR) is 141 cm³/mol. The second-order valence-corrected chi connectivity index (χ2v) is 11.9. The van der Waals surface area contributed by atoms with Crippen LogP contribution in [0.2, 0.25) is 5.02 Å². The predicted octanol–water partition coefficient (Wildman–Crippen LogP) is 2.13. The van der Waals surface area contributed by atoms with Crippen LogP contribution < -0.4 is 11.1 Å². The topological polar surface area (TPSA) is 173 Å². The molecule has 0 saturated carbocycles. The highest BCUT2D eigenvalue weighted by atomic mass is 35.5. The molecule has 0 aromatic heterocycles. The number of aliphatic hydroxyl groups is 3. The van der Waals surface area contributed by atoms with Crippen molar-refractivity contribution in [3.63, 3.8) is 0 Å². The maximum Gasteiger partial charge on any atom is 0.255 e. The Morgan fingerprint density at radius 2 is 1.87 bits per heavy atom. The van der Waals surface area contributed by atoms with Gasteiger partial charge in [-0.15, -0.1) is 0 Å². The molecule has 1 amide bonds. The number of fused-ring (bicyclic) bond motifs is 3. The number of carbonyl (C=O) groups is 3. The average Bonchev–Trinajstić information content (AvgIpc) is 2.78. The van der Waals surface area contributed by atoms with Crippen molar-refractivity contribution in [2.75, 3.05) is 20.6 Å². The Morgan fingerprint density at radius 3 is 2.42 bits per heavy atom. The summed E-state index contributed by atoms with van der Waals surface area (Å²) in [4.78, 5) is 40.6. The number of halogens is 1. The van der Waals surface area contributed by atoms with Gasteiger partial charge in [0, 0.05) is 35.2 Å². The molecule has 0 unspecified atom stereocenters. The normalized spacial score (nSPS) is 25.3. The molecule has 10 nitrogen and oxygen atoms in total. The summed E-state index contributed by atoms with van der Waals surface area (Å²) < 4.78 is 0. The first-order chi connectivity index (χ1) is 17.5. The quantitative estimate of drug-likeness (QED) is 0.303. The second kappa shape index (κ2) is 9.23. The molecule has 3 aliphatic carbocycles. The summed E-state index contributed by atoms with van der Waals surface area (Å²) in [5.41, 5.74) is 2.10. The molecule has 0 saturated heterocycles. The molecule has 0 spiro atoms. The van der Waals surface area contributed by atoms with Crippen molar-refractivity contribution >= 4 is 35.2 Å². The van der Waals surface area contributed by atoms with Gasteiger partial charge in [0.15, 0.2) is 5.60 Å². The van der Waals surface area contributed by atoms with Crippen LogP contribution in [-0.4, -0.2) is 75.1 Å². The standard InChI is InChI=1S/C27H32ClN3O7/c1-26(2,3)10-30-9-12-8-15(28)13-6-11-7-14-19(31(4)5)22(34)18(25(29)37)24(36)27(14,38)23(35)16(11)21(33)17(13)20(12)32/h6,8,14,19,30,32,34-35,38H,7,9-10H2,1-5H3,(H2,29,37)/t14-,19-,27-/m0/s1. The number of phenolic OH excluding ortho intramolecular Hbond substituents is 1. The van der Waals surface area contributed by atoms with Crippen LogP contribution in [-0.2, 0) is 16.1 Å². The van der Waals surface area contributed by atoms with Crippen molar-refractivity contribution < 1.29 is 34.8 Å². The van der Waals surface area contributed by atoms with Crippen molar-refractivity contribution in [1.29, 1.82) is 0 Å². The summed E-state index contributed by atoms with van der Waals surface area (Å²) in [6, 6.07) is 0.477. The summed E-state index contributed by atoms with van der Waals surface area (Å²) in [6.07, 6.45) is 1.40. The lowest BCUT2D eigenvalue weighted by Crippen LogP contribution is -2.62. The van der Waals surface area contributed by atoms with Gasteiger partial charge >= 0.3 is 0 Å². The van der Waals surface area contributed by atoms with Gasteiger partial charge in [-0.1, -0.05) is 32.4 Å². The van der Waals surface area contributed by atoms with E-state index in [1.807, 2.05) is 20.8 Å². The van der Waals surface area contributed by atoms with E-state index >= 15 is 0 Å². The maximum atomic E-state index is 13.8. The van der Waals surface area contributed by atoms with E-state index in [2.05, 4.69) is 5.32 Å². The number of aromatic hydroxyl groups is 1. The van der Waals surface area contributed by atoms with E-state index in [4.69, 9.17) is 17.3 Å². The van der Waals surface area contributed by atoms with E-state index in [0.717, 1.165) is 0 Å². The fourth-order valence-electron chi connectivity index (χ4n) is 5.58. The highest BCUT2D eigenvalue weighted by Crippen LogP contribution is 2.52. The largest absolute Gasteiger partial charge is 0.510 e. The molecule has 11 heteroatoms. The third-order valence-corrected chi connectivity index (χ3v) is 7.61. The van der Waals surface area contributed by atoms with Crippen molar-refractivity contribution in [1.82, 2.24) is 10.2 Å². The number of nitrogens with one attached hydrogen (secondary N) is 1. The van der Waals surface area contributed by atoms with Crippen molar-refractivity contribution in [3.05, 3.63) is 56.0 Å². The van der Waals surface area contributed by atoms with Gasteiger partial charge in [-0.05, 0) is 43.6 Å². The van der Waals surface area contributed by atoms with Crippen LogP contribution in [0.1, 0.15) is 48.7 Å². The number of amides is 1. The first kappa shape index (κ1) is 27.8. The highest BCUT2D eigenvalue weighted by molar-refractivity contribution is 6.34. The van der Waals surface area contributed by atoms with Gasteiger partial charge in [0.25, 0.3) is 5.91 Å². The number of nitrogens with two attached hydrogens (primary N) is 1. The van der Waals surface area contributed by atoms with Crippen molar-refractivity contribution in [2.45, 2.75) is 45.4 Å². The summed E-state index contributed by atoms with van der Waals surface area (Å²) in [7, 11) is 3.12. The number of nitrogens with zero attached hydrogens (tertiary/aromatic N) is 1. The highest BCUT2D eigenvalue weighted by Gasteiger charge is 2.62. The molecule has 0 bridgehead atoms. The van der Waals surface area contributed by atoms with Gasteiger partial charge in [0.2, 0.25) is 11.6 Å². The fraction of sp³-hybridized carbons (Fsp3) is 0.444. The third-order valence-electron chi connectivity index (χ3n) is 7.30. The van der Waals surface area contributed by atoms with Crippen molar-refractivity contribution in [2.24, 2.45) is 17.1 Å². The SMILES string of the molecule is CN(C)[C@@H]1C(O)=C(C(N)=O)C(=O)[C@@]2(O)C(O)=C3C(=O)c4c(O)c(CNCC(C)(C)C)cc(Cl)c4C=C3C[C@@H]12. The minimum atomic E-state index is -2.71.